The Bertz CT molecular complexity index is 495. The van der Waals surface area contributed by atoms with Crippen LogP contribution in [0.15, 0.2) is 10.7 Å². The first-order valence-corrected chi connectivity index (χ1v) is 10.8. The molecule has 1 amide bonds. The van der Waals surface area contributed by atoms with E-state index < -0.39 is 0 Å². The highest BCUT2D eigenvalue weighted by molar-refractivity contribution is 5.91. The van der Waals surface area contributed by atoms with Crippen LogP contribution in [0.1, 0.15) is 113 Å². The highest BCUT2D eigenvalue weighted by atomic mass is 16.3. The minimum atomic E-state index is -0.120. The summed E-state index contributed by atoms with van der Waals surface area (Å²) in [6, 6.07) is 0.170. The third-order valence-electron chi connectivity index (χ3n) is 5.18. The highest BCUT2D eigenvalue weighted by Crippen LogP contribution is 2.22. The van der Waals surface area contributed by atoms with Crippen molar-refractivity contribution >= 4 is 5.91 Å². The number of amides is 1. The Kier molecular flexibility index (Phi) is 10.4. The number of carbonyl (C=O) groups excluding carboxylic acids is 1. The minimum absolute atomic E-state index is 0.120. The molecule has 1 unspecified atom stereocenters. The molecular weight excluding hydrogens is 326 g/mol. The number of rotatable bonds is 14. The molecule has 0 bridgehead atoms. The Morgan fingerprint density at radius 2 is 1.77 bits per heavy atom. The molecule has 1 aliphatic rings. The second-order valence-electron chi connectivity index (χ2n) is 7.51. The average Bonchev–Trinajstić information content (AvgIpc) is 3.33. The van der Waals surface area contributed by atoms with E-state index in [1.807, 2.05) is 0 Å². The number of nitrogens with one attached hydrogen (secondary N) is 2. The van der Waals surface area contributed by atoms with E-state index in [2.05, 4.69) is 22.5 Å². The highest BCUT2D eigenvalue weighted by Gasteiger charge is 2.22. The maximum Gasteiger partial charge on any atom is 0.273 e. The van der Waals surface area contributed by atoms with Crippen molar-refractivity contribution in [3.8, 4) is 0 Å². The van der Waals surface area contributed by atoms with Gasteiger partial charge in [-0.1, -0.05) is 71.1 Å². The second kappa shape index (κ2) is 12.9. The van der Waals surface area contributed by atoms with E-state index in [4.69, 9.17) is 4.42 Å². The van der Waals surface area contributed by atoms with Gasteiger partial charge in [-0.05, 0) is 25.8 Å². The maximum absolute atomic E-state index is 12.1. The molecule has 0 saturated carbocycles. The summed E-state index contributed by atoms with van der Waals surface area (Å²) in [7, 11) is 0. The number of aromatic nitrogens is 1. The Balaban J connectivity index is 1.44. The number of oxazole rings is 1. The van der Waals surface area contributed by atoms with Gasteiger partial charge in [0.25, 0.3) is 5.91 Å². The van der Waals surface area contributed by atoms with Crippen LogP contribution in [0.4, 0.5) is 0 Å². The molecule has 0 aliphatic carbocycles. The van der Waals surface area contributed by atoms with Crippen LogP contribution in [-0.4, -0.2) is 24.0 Å². The van der Waals surface area contributed by atoms with Crippen LogP contribution < -0.4 is 10.6 Å². The molecule has 0 aromatic carbocycles. The van der Waals surface area contributed by atoms with E-state index in [0.717, 1.165) is 32.4 Å². The smallest absolute Gasteiger partial charge is 0.273 e. The van der Waals surface area contributed by atoms with Crippen LogP contribution in [0.25, 0.3) is 0 Å². The molecule has 5 nitrogen and oxygen atoms in total. The van der Waals surface area contributed by atoms with Gasteiger partial charge in [-0.25, -0.2) is 4.98 Å². The summed E-state index contributed by atoms with van der Waals surface area (Å²) in [6.07, 6.45) is 18.1. The molecule has 2 heterocycles. The molecule has 1 aliphatic heterocycles. The van der Waals surface area contributed by atoms with Crippen LogP contribution in [0.5, 0.6) is 0 Å². The molecule has 1 atom stereocenters. The summed E-state index contributed by atoms with van der Waals surface area (Å²) in [5.74, 6) is 0.521. The fourth-order valence-corrected chi connectivity index (χ4v) is 3.53. The third-order valence-corrected chi connectivity index (χ3v) is 5.18. The molecule has 5 heteroatoms. The molecule has 2 rings (SSSR count). The van der Waals surface area contributed by atoms with E-state index in [1.165, 1.54) is 70.5 Å². The third kappa shape index (κ3) is 7.90. The Morgan fingerprint density at radius 3 is 2.38 bits per heavy atom. The van der Waals surface area contributed by atoms with Crippen molar-refractivity contribution in [3.63, 3.8) is 0 Å². The molecule has 1 saturated heterocycles. The van der Waals surface area contributed by atoms with Gasteiger partial charge >= 0.3 is 0 Å². The molecule has 0 radical (unpaired) electrons. The Labute approximate surface area is 158 Å². The zero-order valence-corrected chi connectivity index (χ0v) is 16.5. The fraction of sp³-hybridized carbons (Fsp3) is 0.810. The van der Waals surface area contributed by atoms with Crippen molar-refractivity contribution in [2.75, 3.05) is 13.1 Å². The molecule has 1 fully saturated rings. The van der Waals surface area contributed by atoms with Crippen molar-refractivity contribution in [3.05, 3.63) is 17.8 Å². The zero-order valence-electron chi connectivity index (χ0n) is 16.5. The molecular formula is C21H37N3O2. The lowest BCUT2D eigenvalue weighted by molar-refractivity contribution is 0.0948. The van der Waals surface area contributed by atoms with Crippen molar-refractivity contribution in [1.29, 1.82) is 0 Å². The van der Waals surface area contributed by atoms with Crippen LogP contribution in [-0.2, 0) is 0 Å². The van der Waals surface area contributed by atoms with Crippen molar-refractivity contribution in [2.45, 2.75) is 96.4 Å². The first-order chi connectivity index (χ1) is 12.8. The molecule has 0 spiro atoms. The summed E-state index contributed by atoms with van der Waals surface area (Å²) >= 11 is 0. The Morgan fingerprint density at radius 1 is 1.12 bits per heavy atom. The number of nitrogens with zero attached hydrogens (tertiary/aromatic N) is 1. The van der Waals surface area contributed by atoms with Crippen molar-refractivity contribution in [1.82, 2.24) is 15.6 Å². The van der Waals surface area contributed by atoms with Crippen molar-refractivity contribution < 1.29 is 9.21 Å². The largest absolute Gasteiger partial charge is 0.446 e. The van der Waals surface area contributed by atoms with E-state index in [-0.39, 0.29) is 11.9 Å². The molecule has 1 aromatic heterocycles. The SMILES string of the molecule is CCCCCCCCCCCCCNC(=O)c1coc(C2CCCN2)n1. The lowest BCUT2D eigenvalue weighted by Crippen LogP contribution is -2.25. The standard InChI is InChI=1S/C21H37N3O2/c1-2-3-4-5-6-7-8-9-10-11-12-15-23-20(25)19-17-26-21(24-19)18-14-13-16-22-18/h17-18,22H,2-16H2,1H3,(H,23,25). The van der Waals surface area contributed by atoms with Crippen LogP contribution in [0.2, 0.25) is 0 Å². The first-order valence-electron chi connectivity index (χ1n) is 10.8. The molecule has 26 heavy (non-hydrogen) atoms. The number of hydrogen-bond acceptors (Lipinski definition) is 4. The summed E-state index contributed by atoms with van der Waals surface area (Å²) < 4.78 is 5.45. The van der Waals surface area contributed by atoms with E-state index in [0.29, 0.717) is 11.6 Å². The summed E-state index contributed by atoms with van der Waals surface area (Å²) in [5, 5.41) is 6.28. The Hall–Kier alpha value is -1.36. The normalized spacial score (nSPS) is 16.9. The predicted molar refractivity (Wildman–Crippen MR) is 105 cm³/mol. The zero-order chi connectivity index (χ0) is 18.5. The topological polar surface area (TPSA) is 67.2 Å². The van der Waals surface area contributed by atoms with Gasteiger partial charge < -0.3 is 15.1 Å². The van der Waals surface area contributed by atoms with Crippen LogP contribution in [0.3, 0.4) is 0 Å². The number of carbonyl (C=O) groups is 1. The van der Waals surface area contributed by atoms with E-state index in [1.54, 1.807) is 0 Å². The van der Waals surface area contributed by atoms with Gasteiger partial charge in [0.1, 0.15) is 6.26 Å². The van der Waals surface area contributed by atoms with Gasteiger partial charge in [0.15, 0.2) is 5.69 Å². The van der Waals surface area contributed by atoms with Gasteiger partial charge in [0.2, 0.25) is 5.89 Å². The van der Waals surface area contributed by atoms with Gasteiger partial charge in [-0.15, -0.1) is 0 Å². The quantitative estimate of drug-likeness (QED) is 0.449. The van der Waals surface area contributed by atoms with Gasteiger partial charge in [0.05, 0.1) is 6.04 Å². The summed E-state index contributed by atoms with van der Waals surface area (Å²) in [4.78, 5) is 16.4. The summed E-state index contributed by atoms with van der Waals surface area (Å²) in [5.41, 5.74) is 0.400. The second-order valence-corrected chi connectivity index (χ2v) is 7.51. The maximum atomic E-state index is 12.1. The van der Waals surface area contributed by atoms with Gasteiger partial charge in [-0.3, -0.25) is 4.79 Å². The summed E-state index contributed by atoms with van der Waals surface area (Å²) in [6.45, 7) is 3.98. The fourth-order valence-electron chi connectivity index (χ4n) is 3.53. The predicted octanol–water partition coefficient (Wildman–Crippen LogP) is 5.14. The molecule has 148 valence electrons. The van der Waals surface area contributed by atoms with Crippen LogP contribution in [0, 0.1) is 0 Å². The monoisotopic (exact) mass is 363 g/mol. The van der Waals surface area contributed by atoms with Gasteiger partial charge in [-0.2, -0.15) is 0 Å². The number of unbranched alkanes of at least 4 members (excludes halogenated alkanes) is 10. The van der Waals surface area contributed by atoms with Crippen LogP contribution >= 0.6 is 0 Å². The average molecular weight is 364 g/mol. The van der Waals surface area contributed by atoms with E-state index in [9.17, 15) is 4.79 Å². The van der Waals surface area contributed by atoms with E-state index >= 15 is 0 Å². The van der Waals surface area contributed by atoms with Gasteiger partial charge in [0, 0.05) is 6.54 Å². The first kappa shape index (κ1) is 20.9. The molecule has 1 aromatic rings. The lowest BCUT2D eigenvalue weighted by Gasteiger charge is -2.04. The minimum Gasteiger partial charge on any atom is -0.446 e. The lowest BCUT2D eigenvalue weighted by atomic mass is 10.1. The van der Waals surface area contributed by atoms with Crippen molar-refractivity contribution in [2.24, 2.45) is 0 Å². The molecule has 2 N–H and O–H groups in total. The number of hydrogen-bond donors (Lipinski definition) is 2.